The number of carbonyl (C=O) groups is 1. The predicted molar refractivity (Wildman–Crippen MR) is 92.0 cm³/mol. The Labute approximate surface area is 149 Å². The molecule has 2 heterocycles. The molecule has 0 saturated heterocycles. The van der Waals surface area contributed by atoms with Gasteiger partial charge in [0.25, 0.3) is 5.91 Å². The van der Waals surface area contributed by atoms with Gasteiger partial charge in [-0.3, -0.25) is 4.79 Å². The molecule has 0 radical (unpaired) electrons. The summed E-state index contributed by atoms with van der Waals surface area (Å²) >= 11 is 5.89. The fourth-order valence-corrected chi connectivity index (χ4v) is 2.49. The Morgan fingerprint density at radius 2 is 2.04 bits per heavy atom. The summed E-state index contributed by atoms with van der Waals surface area (Å²) in [4.78, 5) is 22.8. The average molecular weight is 358 g/mol. The number of halogens is 1. The zero-order valence-electron chi connectivity index (χ0n) is 13.7. The van der Waals surface area contributed by atoms with Crippen molar-refractivity contribution >= 4 is 17.5 Å². The summed E-state index contributed by atoms with van der Waals surface area (Å²) in [7, 11) is 1.71. The number of rotatable bonds is 5. The monoisotopic (exact) mass is 357 g/mol. The van der Waals surface area contributed by atoms with E-state index in [1.807, 2.05) is 19.1 Å². The van der Waals surface area contributed by atoms with Gasteiger partial charge < -0.3 is 4.90 Å². The van der Waals surface area contributed by atoms with Crippen LogP contribution in [0.25, 0.3) is 11.4 Å². The molecular formula is C16H16ClN7O. The van der Waals surface area contributed by atoms with Crippen LogP contribution in [-0.2, 0) is 0 Å². The molecule has 2 aromatic heterocycles. The summed E-state index contributed by atoms with van der Waals surface area (Å²) in [6.45, 7) is 2.37. The summed E-state index contributed by atoms with van der Waals surface area (Å²) in [5, 5.41) is 14.5. The number of aromatic nitrogens is 6. The third-order valence-corrected chi connectivity index (χ3v) is 3.93. The third-order valence-electron chi connectivity index (χ3n) is 3.67. The Balaban J connectivity index is 1.75. The minimum atomic E-state index is -0.201. The Bertz CT molecular complexity index is 851. The number of nitrogens with one attached hydrogen (secondary N) is 1. The molecule has 0 saturated carbocycles. The summed E-state index contributed by atoms with van der Waals surface area (Å²) in [6.07, 6.45) is 1.57. The van der Waals surface area contributed by atoms with Crippen molar-refractivity contribution in [3.05, 3.63) is 53.1 Å². The van der Waals surface area contributed by atoms with Crippen molar-refractivity contribution in [3.8, 4) is 11.4 Å². The molecule has 0 spiro atoms. The van der Waals surface area contributed by atoms with Crippen LogP contribution in [0.4, 0.5) is 0 Å². The lowest BCUT2D eigenvalue weighted by molar-refractivity contribution is 0.0781. The maximum Gasteiger partial charge on any atom is 0.272 e. The molecule has 1 aromatic carbocycles. The van der Waals surface area contributed by atoms with E-state index in [0.717, 1.165) is 5.56 Å². The van der Waals surface area contributed by atoms with Crippen LogP contribution < -0.4 is 0 Å². The molecule has 9 heteroatoms. The molecule has 25 heavy (non-hydrogen) atoms. The molecule has 0 bridgehead atoms. The maximum atomic E-state index is 12.6. The van der Waals surface area contributed by atoms with Gasteiger partial charge in [0, 0.05) is 36.3 Å². The summed E-state index contributed by atoms with van der Waals surface area (Å²) in [6, 6.07) is 8.74. The van der Waals surface area contributed by atoms with Crippen LogP contribution in [0.1, 0.15) is 29.2 Å². The predicted octanol–water partition coefficient (Wildman–Crippen LogP) is 2.19. The molecule has 0 fully saturated rings. The summed E-state index contributed by atoms with van der Waals surface area (Å²) in [5.41, 5.74) is 1.12. The van der Waals surface area contributed by atoms with E-state index in [0.29, 0.717) is 28.9 Å². The number of tetrazole rings is 1. The zero-order chi connectivity index (χ0) is 17.8. The van der Waals surface area contributed by atoms with Gasteiger partial charge in [0.1, 0.15) is 5.69 Å². The van der Waals surface area contributed by atoms with Crippen molar-refractivity contribution in [3.63, 3.8) is 0 Å². The van der Waals surface area contributed by atoms with Gasteiger partial charge in [0.2, 0.25) is 0 Å². The molecule has 1 N–H and O–H groups in total. The topological polar surface area (TPSA) is 101 Å². The Kier molecular flexibility index (Phi) is 4.99. The molecule has 3 rings (SSSR count). The van der Waals surface area contributed by atoms with Gasteiger partial charge in [-0.15, -0.1) is 10.2 Å². The van der Waals surface area contributed by atoms with Gasteiger partial charge >= 0.3 is 0 Å². The average Bonchev–Trinajstić information content (AvgIpc) is 3.16. The fourth-order valence-electron chi connectivity index (χ4n) is 2.37. The molecule has 0 aliphatic rings. The van der Waals surface area contributed by atoms with Gasteiger partial charge in [-0.25, -0.2) is 9.97 Å². The van der Waals surface area contributed by atoms with Crippen molar-refractivity contribution in [2.75, 3.05) is 13.6 Å². The Hall–Kier alpha value is -2.87. The second-order valence-electron chi connectivity index (χ2n) is 5.63. The number of benzene rings is 1. The van der Waals surface area contributed by atoms with Crippen molar-refractivity contribution in [2.24, 2.45) is 0 Å². The second-order valence-corrected chi connectivity index (χ2v) is 6.07. The van der Waals surface area contributed by atoms with Crippen LogP contribution in [0.3, 0.4) is 0 Å². The van der Waals surface area contributed by atoms with E-state index in [4.69, 9.17) is 11.6 Å². The smallest absolute Gasteiger partial charge is 0.272 e. The van der Waals surface area contributed by atoms with E-state index in [9.17, 15) is 4.79 Å². The number of hydrogen-bond donors (Lipinski definition) is 1. The highest BCUT2D eigenvalue weighted by atomic mass is 35.5. The van der Waals surface area contributed by atoms with Crippen molar-refractivity contribution < 1.29 is 4.79 Å². The highest BCUT2D eigenvalue weighted by Gasteiger charge is 2.19. The lowest BCUT2D eigenvalue weighted by Crippen LogP contribution is -2.31. The van der Waals surface area contributed by atoms with Gasteiger partial charge in [-0.2, -0.15) is 5.21 Å². The molecule has 1 atom stereocenters. The van der Waals surface area contributed by atoms with Crippen molar-refractivity contribution in [1.29, 1.82) is 0 Å². The Morgan fingerprint density at radius 3 is 2.72 bits per heavy atom. The van der Waals surface area contributed by atoms with Crippen molar-refractivity contribution in [1.82, 2.24) is 35.5 Å². The van der Waals surface area contributed by atoms with Crippen molar-refractivity contribution in [2.45, 2.75) is 12.8 Å². The van der Waals surface area contributed by atoms with E-state index >= 15 is 0 Å². The van der Waals surface area contributed by atoms with Crippen LogP contribution in [0.15, 0.2) is 36.5 Å². The molecule has 1 amide bonds. The maximum absolute atomic E-state index is 12.6. The van der Waals surface area contributed by atoms with Gasteiger partial charge in [-0.05, 0) is 30.3 Å². The second kappa shape index (κ2) is 7.35. The summed E-state index contributed by atoms with van der Waals surface area (Å²) < 4.78 is 0. The van der Waals surface area contributed by atoms with Crippen LogP contribution >= 0.6 is 11.6 Å². The van der Waals surface area contributed by atoms with Gasteiger partial charge in [0.05, 0.1) is 0 Å². The Morgan fingerprint density at radius 1 is 1.28 bits per heavy atom. The number of aromatic amines is 1. The lowest BCUT2D eigenvalue weighted by Gasteiger charge is -2.19. The highest BCUT2D eigenvalue weighted by molar-refractivity contribution is 6.30. The summed E-state index contributed by atoms with van der Waals surface area (Å²) in [5.74, 6) is 0.782. The first-order chi connectivity index (χ1) is 12.0. The van der Waals surface area contributed by atoms with Gasteiger partial charge in [-0.1, -0.05) is 23.7 Å². The van der Waals surface area contributed by atoms with Crippen LogP contribution in [0.5, 0.6) is 0 Å². The van der Waals surface area contributed by atoms with E-state index < -0.39 is 0 Å². The molecule has 128 valence electrons. The first-order valence-electron chi connectivity index (χ1n) is 7.62. The standard InChI is InChI=1S/C16H16ClN7O/c1-10(14-20-22-23-21-14)9-24(2)16(25)13-7-8-18-15(19-13)11-3-5-12(17)6-4-11/h3-8,10H,9H2,1-2H3,(H,20,21,22,23). The van der Waals surface area contributed by atoms with Crippen LogP contribution in [0, 0.1) is 0 Å². The number of H-pyrrole nitrogens is 1. The third kappa shape index (κ3) is 3.97. The largest absolute Gasteiger partial charge is 0.340 e. The van der Waals surface area contributed by atoms with E-state index in [1.54, 1.807) is 36.3 Å². The van der Waals surface area contributed by atoms with Crippen LogP contribution in [-0.4, -0.2) is 55.0 Å². The fraction of sp³-hybridized carbons (Fsp3) is 0.250. The van der Waals surface area contributed by atoms with Gasteiger partial charge in [0.15, 0.2) is 11.6 Å². The lowest BCUT2D eigenvalue weighted by atomic mass is 10.1. The number of amides is 1. The minimum absolute atomic E-state index is 0.0507. The zero-order valence-corrected chi connectivity index (χ0v) is 14.5. The first-order valence-corrected chi connectivity index (χ1v) is 8.00. The highest BCUT2D eigenvalue weighted by Crippen LogP contribution is 2.18. The molecule has 0 aliphatic heterocycles. The first kappa shape index (κ1) is 17.0. The normalized spacial score (nSPS) is 12.0. The van der Waals surface area contributed by atoms with E-state index in [2.05, 4.69) is 30.6 Å². The number of carbonyl (C=O) groups excluding carboxylic acids is 1. The number of likely N-dealkylation sites (N-methyl/N-ethyl adjacent to an activating group) is 1. The number of nitrogens with zero attached hydrogens (tertiary/aromatic N) is 6. The molecule has 0 aliphatic carbocycles. The SMILES string of the molecule is CC(CN(C)C(=O)c1ccnc(-c2ccc(Cl)cc2)n1)c1nn[nH]n1. The molecule has 8 nitrogen and oxygen atoms in total. The molecule has 3 aromatic rings. The van der Waals surface area contributed by atoms with E-state index in [-0.39, 0.29) is 11.8 Å². The van der Waals surface area contributed by atoms with E-state index in [1.165, 1.54) is 0 Å². The minimum Gasteiger partial charge on any atom is -0.340 e. The quantitative estimate of drug-likeness (QED) is 0.751. The molecular weight excluding hydrogens is 342 g/mol. The number of hydrogen-bond acceptors (Lipinski definition) is 6. The van der Waals surface area contributed by atoms with Crippen LogP contribution in [0.2, 0.25) is 5.02 Å². The molecule has 1 unspecified atom stereocenters.